The van der Waals surface area contributed by atoms with Crippen LogP contribution in [0, 0.1) is 0 Å². The molecule has 0 unspecified atom stereocenters. The summed E-state index contributed by atoms with van der Waals surface area (Å²) in [6, 6.07) is 18.0. The highest BCUT2D eigenvalue weighted by Gasteiger charge is 2.19. The number of aromatic nitrogens is 1. The van der Waals surface area contributed by atoms with Crippen LogP contribution in [0.4, 0.5) is 11.4 Å². The number of nitrogens with one attached hydrogen (secondary N) is 1. The van der Waals surface area contributed by atoms with Crippen LogP contribution in [0.25, 0.3) is 11.1 Å². The summed E-state index contributed by atoms with van der Waals surface area (Å²) < 4.78 is 5.96. The summed E-state index contributed by atoms with van der Waals surface area (Å²) in [7, 11) is 0. The highest BCUT2D eigenvalue weighted by Crippen LogP contribution is 2.45. The Balaban J connectivity index is 1.87. The second-order valence-corrected chi connectivity index (χ2v) is 4.64. The van der Waals surface area contributed by atoms with Crippen molar-refractivity contribution >= 4 is 11.4 Å². The Bertz CT molecular complexity index is 769. The standard InChI is InChI=1S/C17H12N2O/c1-2-8-15-14(7-1)19-17-13(6-3-9-16(17)20-15)12-5-4-10-18-11-12/h1-11,19H. The molecule has 3 aromatic rings. The molecule has 0 fully saturated rings. The van der Waals surface area contributed by atoms with E-state index in [1.54, 1.807) is 6.20 Å². The van der Waals surface area contributed by atoms with Crippen molar-refractivity contribution in [3.8, 4) is 22.6 Å². The van der Waals surface area contributed by atoms with Gasteiger partial charge in [0.2, 0.25) is 0 Å². The molecule has 2 aromatic carbocycles. The second kappa shape index (κ2) is 4.38. The molecule has 0 radical (unpaired) electrons. The van der Waals surface area contributed by atoms with Gasteiger partial charge in [-0.3, -0.25) is 4.98 Å². The molecule has 0 saturated heterocycles. The number of pyridine rings is 1. The number of hydrogen-bond acceptors (Lipinski definition) is 3. The SMILES string of the molecule is c1cncc(-c2cccc3c2Nc2ccccc2O3)c1. The lowest BCUT2D eigenvalue weighted by Crippen LogP contribution is -2.03. The van der Waals surface area contributed by atoms with Crippen molar-refractivity contribution in [3.63, 3.8) is 0 Å². The lowest BCUT2D eigenvalue weighted by atomic mass is 10.0. The maximum atomic E-state index is 5.96. The average molecular weight is 260 g/mol. The Hall–Kier alpha value is -2.81. The summed E-state index contributed by atoms with van der Waals surface area (Å²) in [6.07, 6.45) is 3.63. The number of rotatable bonds is 1. The molecular formula is C17H12N2O. The number of ether oxygens (including phenoxy) is 1. The maximum absolute atomic E-state index is 5.96. The molecule has 2 heterocycles. The first-order chi connectivity index (χ1) is 9.92. The molecule has 20 heavy (non-hydrogen) atoms. The zero-order chi connectivity index (χ0) is 13.4. The quantitative estimate of drug-likeness (QED) is 0.543. The Kier molecular flexibility index (Phi) is 2.42. The molecule has 4 rings (SSSR count). The first kappa shape index (κ1) is 11.1. The summed E-state index contributed by atoms with van der Waals surface area (Å²) in [4.78, 5) is 4.19. The minimum atomic E-state index is 0.838. The largest absolute Gasteiger partial charge is 0.453 e. The third-order valence-electron chi connectivity index (χ3n) is 3.37. The lowest BCUT2D eigenvalue weighted by Gasteiger charge is -2.23. The van der Waals surface area contributed by atoms with Crippen LogP contribution in [0.5, 0.6) is 11.5 Å². The van der Waals surface area contributed by atoms with E-state index in [1.807, 2.05) is 54.7 Å². The van der Waals surface area contributed by atoms with Crippen molar-refractivity contribution in [1.82, 2.24) is 4.98 Å². The number of fused-ring (bicyclic) bond motifs is 2. The fourth-order valence-electron chi connectivity index (χ4n) is 2.42. The van der Waals surface area contributed by atoms with Crippen LogP contribution in [-0.2, 0) is 0 Å². The minimum Gasteiger partial charge on any atom is -0.453 e. The van der Waals surface area contributed by atoms with Crippen LogP contribution in [0.2, 0.25) is 0 Å². The van der Waals surface area contributed by atoms with Crippen molar-refractivity contribution in [3.05, 3.63) is 67.0 Å². The van der Waals surface area contributed by atoms with Gasteiger partial charge in [0.15, 0.2) is 11.5 Å². The van der Waals surface area contributed by atoms with Gasteiger partial charge in [-0.15, -0.1) is 0 Å². The van der Waals surface area contributed by atoms with Crippen LogP contribution in [-0.4, -0.2) is 4.98 Å². The van der Waals surface area contributed by atoms with Gasteiger partial charge in [0, 0.05) is 23.5 Å². The fourth-order valence-corrected chi connectivity index (χ4v) is 2.42. The Morgan fingerprint density at radius 3 is 2.65 bits per heavy atom. The molecule has 3 heteroatoms. The Labute approximate surface area is 116 Å². The molecule has 0 spiro atoms. The second-order valence-electron chi connectivity index (χ2n) is 4.64. The lowest BCUT2D eigenvalue weighted by molar-refractivity contribution is 0.481. The van der Waals surface area contributed by atoms with Gasteiger partial charge in [0.05, 0.1) is 11.4 Å². The number of hydrogen-bond donors (Lipinski definition) is 1. The highest BCUT2D eigenvalue weighted by atomic mass is 16.5. The van der Waals surface area contributed by atoms with Crippen molar-refractivity contribution in [2.24, 2.45) is 0 Å². The molecule has 1 aromatic heterocycles. The molecule has 0 atom stereocenters. The van der Waals surface area contributed by atoms with Gasteiger partial charge in [-0.2, -0.15) is 0 Å². The minimum absolute atomic E-state index is 0.838. The van der Waals surface area contributed by atoms with Crippen LogP contribution in [0.3, 0.4) is 0 Å². The molecule has 96 valence electrons. The summed E-state index contributed by atoms with van der Waals surface area (Å²) in [5.74, 6) is 1.69. The number of para-hydroxylation sites is 3. The number of nitrogens with zero attached hydrogens (tertiary/aromatic N) is 1. The van der Waals surface area contributed by atoms with E-state index in [4.69, 9.17) is 4.74 Å². The molecule has 1 aliphatic heterocycles. The first-order valence-corrected chi connectivity index (χ1v) is 6.49. The van der Waals surface area contributed by atoms with Gasteiger partial charge in [0.25, 0.3) is 0 Å². The third-order valence-corrected chi connectivity index (χ3v) is 3.37. The van der Waals surface area contributed by atoms with Crippen molar-refractivity contribution < 1.29 is 4.74 Å². The van der Waals surface area contributed by atoms with Gasteiger partial charge in [-0.25, -0.2) is 0 Å². The van der Waals surface area contributed by atoms with Gasteiger partial charge in [-0.1, -0.05) is 30.3 Å². The van der Waals surface area contributed by atoms with E-state index in [2.05, 4.69) is 16.4 Å². The van der Waals surface area contributed by atoms with Gasteiger partial charge in [0.1, 0.15) is 0 Å². The van der Waals surface area contributed by atoms with Gasteiger partial charge in [-0.05, 0) is 24.3 Å². The summed E-state index contributed by atoms with van der Waals surface area (Å²) in [6.45, 7) is 0. The first-order valence-electron chi connectivity index (χ1n) is 6.49. The van der Waals surface area contributed by atoms with Gasteiger partial charge >= 0.3 is 0 Å². The molecule has 1 aliphatic rings. The average Bonchev–Trinajstić information content (AvgIpc) is 2.53. The molecular weight excluding hydrogens is 248 g/mol. The predicted octanol–water partition coefficient (Wildman–Crippen LogP) is 4.60. The van der Waals surface area contributed by atoms with E-state index in [9.17, 15) is 0 Å². The van der Waals surface area contributed by atoms with Crippen LogP contribution >= 0.6 is 0 Å². The molecule has 0 aliphatic carbocycles. The highest BCUT2D eigenvalue weighted by molar-refractivity contribution is 5.88. The normalized spacial score (nSPS) is 11.8. The van der Waals surface area contributed by atoms with E-state index < -0.39 is 0 Å². The monoisotopic (exact) mass is 260 g/mol. The molecule has 3 nitrogen and oxygen atoms in total. The molecule has 0 saturated carbocycles. The van der Waals surface area contributed by atoms with E-state index in [0.717, 1.165) is 34.0 Å². The van der Waals surface area contributed by atoms with E-state index in [-0.39, 0.29) is 0 Å². The Morgan fingerprint density at radius 1 is 0.850 bits per heavy atom. The molecule has 0 amide bonds. The summed E-state index contributed by atoms with van der Waals surface area (Å²) in [5, 5.41) is 3.45. The molecule has 1 N–H and O–H groups in total. The van der Waals surface area contributed by atoms with E-state index >= 15 is 0 Å². The van der Waals surface area contributed by atoms with Crippen LogP contribution < -0.4 is 10.1 Å². The van der Waals surface area contributed by atoms with Crippen molar-refractivity contribution in [2.75, 3.05) is 5.32 Å². The topological polar surface area (TPSA) is 34.2 Å². The predicted molar refractivity (Wildman–Crippen MR) is 79.5 cm³/mol. The smallest absolute Gasteiger partial charge is 0.151 e. The Morgan fingerprint density at radius 2 is 1.75 bits per heavy atom. The van der Waals surface area contributed by atoms with Crippen LogP contribution in [0.15, 0.2) is 67.0 Å². The molecule has 0 bridgehead atoms. The summed E-state index contributed by atoms with van der Waals surface area (Å²) >= 11 is 0. The zero-order valence-electron chi connectivity index (χ0n) is 10.7. The number of anilines is 2. The fraction of sp³-hybridized carbons (Fsp3) is 0. The summed E-state index contributed by atoms with van der Waals surface area (Å²) in [5.41, 5.74) is 4.13. The van der Waals surface area contributed by atoms with Gasteiger partial charge < -0.3 is 10.1 Å². The van der Waals surface area contributed by atoms with Crippen molar-refractivity contribution in [1.29, 1.82) is 0 Å². The van der Waals surface area contributed by atoms with E-state index in [0.29, 0.717) is 0 Å². The van der Waals surface area contributed by atoms with Crippen LogP contribution in [0.1, 0.15) is 0 Å². The van der Waals surface area contributed by atoms with Crippen molar-refractivity contribution in [2.45, 2.75) is 0 Å². The maximum Gasteiger partial charge on any atom is 0.151 e. The third kappa shape index (κ3) is 1.72. The zero-order valence-corrected chi connectivity index (χ0v) is 10.7. The van der Waals surface area contributed by atoms with E-state index in [1.165, 1.54) is 0 Å². The number of benzene rings is 2.